The topological polar surface area (TPSA) is 111 Å². The molecule has 8 nitrogen and oxygen atoms in total. The lowest BCUT2D eigenvalue weighted by atomic mass is 10.1. The number of amides is 2. The number of esters is 2. The number of carbonyl (C=O) groups excluding carboxylic acids is 4. The fourth-order valence-corrected chi connectivity index (χ4v) is 3.23. The number of methoxy groups -OCH3 is 1. The van der Waals surface area contributed by atoms with Gasteiger partial charge in [0.2, 0.25) is 0 Å². The van der Waals surface area contributed by atoms with Crippen LogP contribution in [0.5, 0.6) is 0 Å². The molecule has 1 atom stereocenters. The summed E-state index contributed by atoms with van der Waals surface area (Å²) in [6.45, 7) is 1.25. The molecule has 0 radical (unpaired) electrons. The van der Waals surface area contributed by atoms with Gasteiger partial charge >= 0.3 is 11.9 Å². The van der Waals surface area contributed by atoms with Crippen molar-refractivity contribution in [3.05, 3.63) is 101 Å². The Labute approximate surface area is 196 Å². The molecule has 34 heavy (non-hydrogen) atoms. The molecule has 3 aromatic carbocycles. The fraction of sp³-hybridized carbons (Fsp3) is 0.154. The number of benzene rings is 3. The zero-order valence-electron chi connectivity index (χ0n) is 18.7. The van der Waals surface area contributed by atoms with E-state index in [-0.39, 0.29) is 34.3 Å². The van der Waals surface area contributed by atoms with Gasteiger partial charge in [0.15, 0.2) is 6.61 Å². The smallest absolute Gasteiger partial charge is 0.339 e. The number of rotatable bonds is 8. The minimum absolute atomic E-state index is 0.0168. The largest absolute Gasteiger partial charge is 0.465 e. The Morgan fingerprint density at radius 2 is 1.32 bits per heavy atom. The van der Waals surface area contributed by atoms with Gasteiger partial charge in [-0.05, 0) is 36.8 Å². The molecule has 2 amide bonds. The fourth-order valence-electron chi connectivity index (χ4n) is 3.23. The third kappa shape index (κ3) is 6.07. The van der Waals surface area contributed by atoms with E-state index in [1.165, 1.54) is 19.2 Å². The minimum Gasteiger partial charge on any atom is -0.465 e. The first kappa shape index (κ1) is 24.2. The van der Waals surface area contributed by atoms with Gasteiger partial charge in [0.25, 0.3) is 11.8 Å². The predicted octanol–water partition coefficient (Wildman–Crippen LogP) is 3.76. The van der Waals surface area contributed by atoms with Crippen molar-refractivity contribution in [2.24, 2.45) is 0 Å². The van der Waals surface area contributed by atoms with Crippen LogP contribution in [0, 0.1) is 0 Å². The molecule has 0 saturated heterocycles. The first-order valence-electron chi connectivity index (χ1n) is 10.5. The molecule has 0 saturated carbocycles. The van der Waals surface area contributed by atoms with E-state index >= 15 is 0 Å². The number of para-hydroxylation sites is 1. The molecule has 8 heteroatoms. The van der Waals surface area contributed by atoms with E-state index in [1.54, 1.807) is 36.4 Å². The summed E-state index contributed by atoms with van der Waals surface area (Å²) in [6, 6.07) is 21.7. The molecule has 3 rings (SSSR count). The molecule has 3 aromatic rings. The zero-order chi connectivity index (χ0) is 24.5. The maximum atomic E-state index is 12.8. The van der Waals surface area contributed by atoms with E-state index in [0.29, 0.717) is 0 Å². The lowest BCUT2D eigenvalue weighted by Gasteiger charge is -2.16. The van der Waals surface area contributed by atoms with E-state index < -0.39 is 24.5 Å². The number of nitrogens with one attached hydrogen (secondary N) is 2. The summed E-state index contributed by atoms with van der Waals surface area (Å²) in [5.41, 5.74) is 1.50. The molecule has 1 unspecified atom stereocenters. The van der Waals surface area contributed by atoms with Gasteiger partial charge in [-0.3, -0.25) is 9.59 Å². The highest BCUT2D eigenvalue weighted by molar-refractivity contribution is 6.06. The van der Waals surface area contributed by atoms with Crippen molar-refractivity contribution >= 4 is 29.4 Å². The summed E-state index contributed by atoms with van der Waals surface area (Å²) in [5.74, 6) is -2.54. The predicted molar refractivity (Wildman–Crippen MR) is 125 cm³/mol. The zero-order valence-corrected chi connectivity index (χ0v) is 18.7. The van der Waals surface area contributed by atoms with Gasteiger partial charge in [0.05, 0.1) is 35.5 Å². The highest BCUT2D eigenvalue weighted by Crippen LogP contribution is 2.18. The quantitative estimate of drug-likeness (QED) is 0.495. The second-order valence-corrected chi connectivity index (χ2v) is 7.31. The van der Waals surface area contributed by atoms with E-state index in [9.17, 15) is 19.2 Å². The van der Waals surface area contributed by atoms with Gasteiger partial charge < -0.3 is 20.1 Å². The standard InChI is InChI=1S/C26H24N2O6/c1-17(18-10-4-3-5-11-18)27-24(30)21-14-8-9-15-22(21)28-23(29)16-34-26(32)20-13-7-6-12-19(20)25(31)33-2/h3-15,17H,16H2,1-2H3,(H,27,30)(H,28,29). The molecule has 0 bridgehead atoms. The van der Waals surface area contributed by atoms with Crippen LogP contribution >= 0.6 is 0 Å². The average Bonchev–Trinajstić information content (AvgIpc) is 2.87. The van der Waals surface area contributed by atoms with Crippen molar-refractivity contribution in [2.75, 3.05) is 19.0 Å². The van der Waals surface area contributed by atoms with Gasteiger partial charge in [0, 0.05) is 0 Å². The van der Waals surface area contributed by atoms with Crippen molar-refractivity contribution in [1.29, 1.82) is 0 Å². The molecule has 0 aromatic heterocycles. The Bertz CT molecular complexity index is 1190. The summed E-state index contributed by atoms with van der Waals surface area (Å²) >= 11 is 0. The number of anilines is 1. The van der Waals surface area contributed by atoms with Crippen LogP contribution in [-0.2, 0) is 14.3 Å². The number of ether oxygens (including phenoxy) is 2. The van der Waals surface area contributed by atoms with E-state index in [2.05, 4.69) is 15.4 Å². The highest BCUT2D eigenvalue weighted by Gasteiger charge is 2.20. The molecule has 2 N–H and O–H groups in total. The van der Waals surface area contributed by atoms with E-state index in [1.807, 2.05) is 37.3 Å². The van der Waals surface area contributed by atoms with Gasteiger partial charge in [-0.1, -0.05) is 54.6 Å². The molecule has 0 spiro atoms. The normalized spacial score (nSPS) is 11.1. The van der Waals surface area contributed by atoms with Crippen molar-refractivity contribution in [3.8, 4) is 0 Å². The summed E-state index contributed by atoms with van der Waals surface area (Å²) in [5, 5.41) is 5.49. The van der Waals surface area contributed by atoms with Crippen molar-refractivity contribution < 1.29 is 28.7 Å². The van der Waals surface area contributed by atoms with Gasteiger partial charge in [-0.25, -0.2) is 9.59 Å². The van der Waals surface area contributed by atoms with Crippen LogP contribution in [0.15, 0.2) is 78.9 Å². The summed E-state index contributed by atoms with van der Waals surface area (Å²) < 4.78 is 9.72. The first-order valence-corrected chi connectivity index (χ1v) is 10.5. The van der Waals surface area contributed by atoms with Gasteiger partial charge in [0.1, 0.15) is 0 Å². The Balaban J connectivity index is 1.63. The van der Waals surface area contributed by atoms with Crippen LogP contribution in [-0.4, -0.2) is 37.5 Å². The number of carbonyl (C=O) groups is 4. The maximum absolute atomic E-state index is 12.8. The molecular formula is C26H24N2O6. The second kappa shape index (κ2) is 11.4. The monoisotopic (exact) mass is 460 g/mol. The second-order valence-electron chi connectivity index (χ2n) is 7.31. The van der Waals surface area contributed by atoms with Crippen LogP contribution < -0.4 is 10.6 Å². The van der Waals surface area contributed by atoms with Crippen LogP contribution in [0.25, 0.3) is 0 Å². The van der Waals surface area contributed by atoms with E-state index in [4.69, 9.17) is 4.74 Å². The van der Waals surface area contributed by atoms with Crippen LogP contribution in [0.2, 0.25) is 0 Å². The molecule has 0 aliphatic heterocycles. The molecule has 0 aliphatic carbocycles. The number of hydrogen-bond acceptors (Lipinski definition) is 6. The average molecular weight is 460 g/mol. The summed E-state index contributed by atoms with van der Waals surface area (Å²) in [7, 11) is 1.20. The lowest BCUT2D eigenvalue weighted by molar-refractivity contribution is -0.119. The van der Waals surface area contributed by atoms with Crippen LogP contribution in [0.3, 0.4) is 0 Å². The van der Waals surface area contributed by atoms with Crippen LogP contribution in [0.1, 0.15) is 49.6 Å². The lowest BCUT2D eigenvalue weighted by Crippen LogP contribution is -2.28. The van der Waals surface area contributed by atoms with Gasteiger partial charge in [-0.2, -0.15) is 0 Å². The molecule has 0 aliphatic rings. The highest BCUT2D eigenvalue weighted by atomic mass is 16.5. The Morgan fingerprint density at radius 3 is 1.97 bits per heavy atom. The Hall–Kier alpha value is -4.46. The third-order valence-electron chi connectivity index (χ3n) is 4.98. The van der Waals surface area contributed by atoms with Gasteiger partial charge in [-0.15, -0.1) is 0 Å². The number of hydrogen-bond donors (Lipinski definition) is 2. The van der Waals surface area contributed by atoms with Crippen molar-refractivity contribution in [1.82, 2.24) is 5.32 Å². The molecular weight excluding hydrogens is 436 g/mol. The summed E-state index contributed by atoms with van der Waals surface area (Å²) in [6.07, 6.45) is 0. The summed E-state index contributed by atoms with van der Waals surface area (Å²) in [4.78, 5) is 49.5. The third-order valence-corrected chi connectivity index (χ3v) is 4.98. The Morgan fingerprint density at radius 1 is 0.765 bits per heavy atom. The minimum atomic E-state index is -0.848. The SMILES string of the molecule is COC(=O)c1ccccc1C(=O)OCC(=O)Nc1ccccc1C(=O)NC(C)c1ccccc1. The first-order chi connectivity index (χ1) is 16.4. The van der Waals surface area contributed by atoms with Crippen molar-refractivity contribution in [2.45, 2.75) is 13.0 Å². The van der Waals surface area contributed by atoms with Crippen molar-refractivity contribution in [3.63, 3.8) is 0 Å². The Kier molecular flexibility index (Phi) is 8.12. The molecule has 0 heterocycles. The maximum Gasteiger partial charge on any atom is 0.339 e. The molecule has 174 valence electrons. The molecule has 0 fully saturated rings. The van der Waals surface area contributed by atoms with E-state index in [0.717, 1.165) is 5.56 Å². The van der Waals surface area contributed by atoms with Crippen LogP contribution in [0.4, 0.5) is 5.69 Å².